The number of ether oxygens (including phenoxy) is 1. The Kier molecular flexibility index (Phi) is 3.13. The Morgan fingerprint density at radius 3 is 3.00 bits per heavy atom. The monoisotopic (exact) mass is 224 g/mol. The summed E-state index contributed by atoms with van der Waals surface area (Å²) in [6, 6.07) is 0. The second-order valence-corrected chi connectivity index (χ2v) is 4.18. The first-order valence-electron chi connectivity index (χ1n) is 4.76. The molecule has 4 nitrogen and oxygen atoms in total. The van der Waals surface area contributed by atoms with E-state index in [9.17, 15) is 4.79 Å². The van der Waals surface area contributed by atoms with Gasteiger partial charge in [0.25, 0.3) is 0 Å². The fraction of sp³-hybridized carbons (Fsp3) is 0.400. The summed E-state index contributed by atoms with van der Waals surface area (Å²) in [5, 5.41) is 0.892. The maximum absolute atomic E-state index is 11.3. The Bertz CT molecular complexity index is 369. The summed E-state index contributed by atoms with van der Waals surface area (Å²) in [7, 11) is 0. The molecule has 0 aliphatic carbocycles. The van der Waals surface area contributed by atoms with Gasteiger partial charge >= 0.3 is 0 Å². The van der Waals surface area contributed by atoms with Crippen LogP contribution in [0.15, 0.2) is 18.9 Å². The lowest BCUT2D eigenvalue weighted by Gasteiger charge is -2.25. The molecule has 2 rings (SSSR count). The summed E-state index contributed by atoms with van der Waals surface area (Å²) in [6.07, 6.45) is 2.93. The average Bonchev–Trinajstić information content (AvgIpc) is 2.78. The van der Waals surface area contributed by atoms with Crippen molar-refractivity contribution >= 4 is 22.3 Å². The van der Waals surface area contributed by atoms with Gasteiger partial charge in [0.05, 0.1) is 24.3 Å². The Hall–Kier alpha value is -1.20. The summed E-state index contributed by atoms with van der Waals surface area (Å²) in [6.45, 7) is 6.59. The minimum Gasteiger partial charge on any atom is -0.378 e. The highest BCUT2D eigenvalue weighted by molar-refractivity contribution is 7.17. The zero-order chi connectivity index (χ0) is 10.7. The molecule has 80 valence electrons. The Morgan fingerprint density at radius 2 is 2.33 bits per heavy atom. The lowest BCUT2D eigenvalue weighted by atomic mass is 10.3. The molecule has 0 saturated carbocycles. The number of anilines is 1. The SMILES string of the molecule is C=CC(=O)c1cnc(N2CCOCC2)s1. The predicted molar refractivity (Wildman–Crippen MR) is 59.7 cm³/mol. The zero-order valence-corrected chi connectivity index (χ0v) is 9.13. The first kappa shape index (κ1) is 10.3. The van der Waals surface area contributed by atoms with Crippen LogP contribution < -0.4 is 4.90 Å². The highest BCUT2D eigenvalue weighted by Gasteiger charge is 2.15. The van der Waals surface area contributed by atoms with Crippen LogP contribution in [0.3, 0.4) is 0 Å². The molecule has 0 aromatic carbocycles. The molecule has 0 N–H and O–H groups in total. The maximum Gasteiger partial charge on any atom is 0.196 e. The van der Waals surface area contributed by atoms with Crippen LogP contribution in [0.25, 0.3) is 0 Å². The van der Waals surface area contributed by atoms with Crippen LogP contribution in [0.2, 0.25) is 0 Å². The molecule has 2 heterocycles. The van der Waals surface area contributed by atoms with Gasteiger partial charge in [0.2, 0.25) is 0 Å². The highest BCUT2D eigenvalue weighted by atomic mass is 32.1. The minimum absolute atomic E-state index is 0.0630. The van der Waals surface area contributed by atoms with Crippen LogP contribution in [0, 0.1) is 0 Å². The second-order valence-electron chi connectivity index (χ2n) is 3.17. The number of carbonyl (C=O) groups is 1. The van der Waals surface area contributed by atoms with Crippen molar-refractivity contribution in [3.63, 3.8) is 0 Å². The largest absolute Gasteiger partial charge is 0.378 e. The molecule has 1 fully saturated rings. The molecule has 1 aromatic heterocycles. The van der Waals surface area contributed by atoms with E-state index in [1.807, 2.05) is 0 Å². The molecule has 0 amide bonds. The van der Waals surface area contributed by atoms with E-state index in [1.165, 1.54) is 17.4 Å². The Labute approximate surface area is 92.2 Å². The number of rotatable bonds is 3. The third-order valence-electron chi connectivity index (χ3n) is 2.20. The number of hydrogen-bond donors (Lipinski definition) is 0. The van der Waals surface area contributed by atoms with Gasteiger partial charge in [-0.15, -0.1) is 0 Å². The summed E-state index contributed by atoms with van der Waals surface area (Å²) >= 11 is 1.41. The first-order chi connectivity index (χ1) is 7.31. The topological polar surface area (TPSA) is 42.4 Å². The van der Waals surface area contributed by atoms with E-state index in [2.05, 4.69) is 16.5 Å². The number of hydrogen-bond acceptors (Lipinski definition) is 5. The number of carbonyl (C=O) groups excluding carboxylic acids is 1. The van der Waals surface area contributed by atoms with Gasteiger partial charge in [0.15, 0.2) is 10.9 Å². The highest BCUT2D eigenvalue weighted by Crippen LogP contribution is 2.23. The van der Waals surface area contributed by atoms with Crippen molar-refractivity contribution in [2.24, 2.45) is 0 Å². The Balaban J connectivity index is 2.11. The van der Waals surface area contributed by atoms with Crippen molar-refractivity contribution in [1.82, 2.24) is 4.98 Å². The van der Waals surface area contributed by atoms with Gasteiger partial charge in [0.1, 0.15) is 0 Å². The van der Waals surface area contributed by atoms with Crippen molar-refractivity contribution in [3.8, 4) is 0 Å². The second kappa shape index (κ2) is 4.55. The maximum atomic E-state index is 11.3. The fourth-order valence-electron chi connectivity index (χ4n) is 1.38. The van der Waals surface area contributed by atoms with Gasteiger partial charge < -0.3 is 9.64 Å². The molecular weight excluding hydrogens is 212 g/mol. The van der Waals surface area contributed by atoms with Crippen LogP contribution in [0.1, 0.15) is 9.67 Å². The number of thiazole rings is 1. The molecule has 0 spiro atoms. The van der Waals surface area contributed by atoms with Crippen LogP contribution in [0.4, 0.5) is 5.13 Å². The lowest BCUT2D eigenvalue weighted by molar-refractivity contribution is 0.105. The number of aromatic nitrogens is 1. The average molecular weight is 224 g/mol. The minimum atomic E-state index is -0.0630. The smallest absolute Gasteiger partial charge is 0.196 e. The molecule has 5 heteroatoms. The van der Waals surface area contributed by atoms with Crippen molar-refractivity contribution in [3.05, 3.63) is 23.7 Å². The summed E-state index contributed by atoms with van der Waals surface area (Å²) < 4.78 is 5.25. The molecule has 15 heavy (non-hydrogen) atoms. The molecule has 0 radical (unpaired) electrons. The number of ketones is 1. The van der Waals surface area contributed by atoms with Crippen LogP contribution >= 0.6 is 11.3 Å². The molecule has 1 aliphatic heterocycles. The van der Waals surface area contributed by atoms with Crippen molar-refractivity contribution in [1.29, 1.82) is 0 Å². The third kappa shape index (κ3) is 2.24. The number of morpholine rings is 1. The van der Waals surface area contributed by atoms with E-state index in [0.29, 0.717) is 4.88 Å². The van der Waals surface area contributed by atoms with Crippen LogP contribution in [0.5, 0.6) is 0 Å². The summed E-state index contributed by atoms with van der Waals surface area (Å²) in [5.41, 5.74) is 0. The summed E-state index contributed by atoms with van der Waals surface area (Å²) in [4.78, 5) is 18.3. The molecular formula is C10H12N2O2S. The number of allylic oxidation sites excluding steroid dienone is 1. The quantitative estimate of drug-likeness (QED) is 0.574. The van der Waals surface area contributed by atoms with Crippen LogP contribution in [-0.4, -0.2) is 37.1 Å². The van der Waals surface area contributed by atoms with Gasteiger partial charge in [-0.2, -0.15) is 0 Å². The molecule has 0 unspecified atom stereocenters. The molecule has 0 atom stereocenters. The van der Waals surface area contributed by atoms with E-state index >= 15 is 0 Å². The zero-order valence-electron chi connectivity index (χ0n) is 8.31. The fourth-order valence-corrected chi connectivity index (χ4v) is 2.28. The number of nitrogens with zero attached hydrogens (tertiary/aromatic N) is 2. The van der Waals surface area contributed by atoms with Crippen LogP contribution in [-0.2, 0) is 4.74 Å². The Morgan fingerprint density at radius 1 is 1.60 bits per heavy atom. The van der Waals surface area contributed by atoms with E-state index in [4.69, 9.17) is 4.74 Å². The predicted octanol–water partition coefficient (Wildman–Crippen LogP) is 1.35. The molecule has 1 saturated heterocycles. The lowest BCUT2D eigenvalue weighted by Crippen LogP contribution is -2.36. The van der Waals surface area contributed by atoms with Crippen molar-refractivity contribution in [2.45, 2.75) is 0 Å². The molecule has 0 bridgehead atoms. The van der Waals surface area contributed by atoms with E-state index < -0.39 is 0 Å². The molecule has 1 aromatic rings. The van der Waals surface area contributed by atoms with Gasteiger partial charge in [-0.05, 0) is 6.08 Å². The third-order valence-corrected chi connectivity index (χ3v) is 3.28. The van der Waals surface area contributed by atoms with Crippen molar-refractivity contribution < 1.29 is 9.53 Å². The van der Waals surface area contributed by atoms with Gasteiger partial charge in [-0.1, -0.05) is 17.9 Å². The first-order valence-corrected chi connectivity index (χ1v) is 5.58. The van der Waals surface area contributed by atoms with E-state index in [1.54, 1.807) is 6.20 Å². The van der Waals surface area contributed by atoms with Gasteiger partial charge in [-0.3, -0.25) is 4.79 Å². The van der Waals surface area contributed by atoms with E-state index in [0.717, 1.165) is 31.4 Å². The van der Waals surface area contributed by atoms with E-state index in [-0.39, 0.29) is 5.78 Å². The molecule has 1 aliphatic rings. The van der Waals surface area contributed by atoms with Gasteiger partial charge in [-0.25, -0.2) is 4.98 Å². The summed E-state index contributed by atoms with van der Waals surface area (Å²) in [5.74, 6) is -0.0630. The normalized spacial score (nSPS) is 16.4. The standard InChI is InChI=1S/C10H12N2O2S/c1-2-8(13)9-7-11-10(15-9)12-3-5-14-6-4-12/h2,7H,1,3-6H2. The van der Waals surface area contributed by atoms with Gasteiger partial charge in [0, 0.05) is 13.1 Å². The van der Waals surface area contributed by atoms with Crippen molar-refractivity contribution in [2.75, 3.05) is 31.2 Å².